The molecule has 0 aliphatic rings. The third-order valence-electron chi connectivity index (χ3n) is 1.50. The highest BCUT2D eigenvalue weighted by Crippen LogP contribution is 2.14. The lowest BCUT2D eigenvalue weighted by Gasteiger charge is -2.00. The average Bonchev–Trinajstić information content (AvgIpc) is 2.09. The van der Waals surface area contributed by atoms with Crippen LogP contribution in [0.3, 0.4) is 0 Å². The molecule has 1 rings (SSSR count). The summed E-state index contributed by atoms with van der Waals surface area (Å²) in [7, 11) is 0. The molecule has 1 aromatic carbocycles. The van der Waals surface area contributed by atoms with Crippen LogP contribution in [0.2, 0.25) is 5.02 Å². The van der Waals surface area contributed by atoms with E-state index in [0.717, 1.165) is 5.56 Å². The van der Waals surface area contributed by atoms with E-state index in [0.29, 0.717) is 5.02 Å². The van der Waals surface area contributed by atoms with Crippen LogP contribution in [0.4, 0.5) is 0 Å². The van der Waals surface area contributed by atoms with Gasteiger partial charge < -0.3 is 0 Å². The molecule has 13 heavy (non-hydrogen) atoms. The van der Waals surface area contributed by atoms with Crippen molar-refractivity contribution in [3.63, 3.8) is 0 Å². The first-order valence-corrected chi connectivity index (χ1v) is 4.03. The summed E-state index contributed by atoms with van der Waals surface area (Å²) in [5.41, 5.74) is 0.719. The number of carbonyl (C=O) groups is 1. The molecule has 0 spiro atoms. The molecule has 3 nitrogen and oxygen atoms in total. The minimum absolute atomic E-state index is 0.132. The van der Waals surface area contributed by atoms with Crippen LogP contribution in [0, 0.1) is 11.5 Å². The maximum absolute atomic E-state index is 11.0. The molecule has 0 aliphatic heterocycles. The summed E-state index contributed by atoms with van der Waals surface area (Å²) in [6, 6.07) is 7.03. The van der Waals surface area contributed by atoms with Crippen LogP contribution in [-0.2, 0) is 11.2 Å². The fourth-order valence-corrected chi connectivity index (χ4v) is 1.12. The number of hydrogen-bond acceptors (Lipinski definition) is 2. The lowest BCUT2D eigenvalue weighted by Crippen LogP contribution is -2.19. The van der Waals surface area contributed by atoms with Crippen molar-refractivity contribution < 1.29 is 4.79 Å². The van der Waals surface area contributed by atoms with Gasteiger partial charge in [0.05, 0.1) is 6.42 Å². The number of nitrogens with one attached hydrogen (secondary N) is 1. The second-order valence-corrected chi connectivity index (χ2v) is 2.84. The van der Waals surface area contributed by atoms with Gasteiger partial charge in [0, 0.05) is 5.02 Å². The molecular formula is C9H7ClN2O. The molecule has 0 radical (unpaired) electrons. The van der Waals surface area contributed by atoms with Crippen molar-refractivity contribution in [2.45, 2.75) is 6.42 Å². The van der Waals surface area contributed by atoms with Gasteiger partial charge in [0.2, 0.25) is 5.91 Å². The SMILES string of the molecule is N#CNC(=O)Cc1ccccc1Cl. The Labute approximate surface area is 80.9 Å². The van der Waals surface area contributed by atoms with E-state index < -0.39 is 0 Å². The molecule has 1 N–H and O–H groups in total. The van der Waals surface area contributed by atoms with Gasteiger partial charge in [-0.05, 0) is 11.6 Å². The molecule has 0 bridgehead atoms. The first kappa shape index (κ1) is 9.56. The van der Waals surface area contributed by atoms with E-state index in [1.807, 2.05) is 5.32 Å². The van der Waals surface area contributed by atoms with E-state index >= 15 is 0 Å². The Kier molecular flexibility index (Phi) is 3.30. The molecule has 0 aliphatic carbocycles. The van der Waals surface area contributed by atoms with Crippen molar-refractivity contribution >= 4 is 17.5 Å². The van der Waals surface area contributed by atoms with Crippen LogP contribution in [0.5, 0.6) is 0 Å². The van der Waals surface area contributed by atoms with Crippen LogP contribution < -0.4 is 5.32 Å². The van der Waals surface area contributed by atoms with Crippen molar-refractivity contribution in [2.75, 3.05) is 0 Å². The second kappa shape index (κ2) is 4.48. The number of nitrogens with zero attached hydrogens (tertiary/aromatic N) is 1. The lowest BCUT2D eigenvalue weighted by atomic mass is 10.1. The van der Waals surface area contributed by atoms with Crippen LogP contribution >= 0.6 is 11.6 Å². The fourth-order valence-electron chi connectivity index (χ4n) is 0.921. The predicted octanol–water partition coefficient (Wildman–Crippen LogP) is 1.48. The first-order chi connectivity index (χ1) is 6.24. The summed E-state index contributed by atoms with van der Waals surface area (Å²) in [6.07, 6.45) is 1.70. The maximum atomic E-state index is 11.0. The number of hydrogen-bond donors (Lipinski definition) is 1. The Balaban J connectivity index is 2.70. The quantitative estimate of drug-likeness (QED) is 0.573. The van der Waals surface area contributed by atoms with Gasteiger partial charge in [-0.15, -0.1) is 0 Å². The van der Waals surface area contributed by atoms with Gasteiger partial charge in [0.1, 0.15) is 0 Å². The van der Waals surface area contributed by atoms with Gasteiger partial charge in [-0.3, -0.25) is 10.1 Å². The Morgan fingerprint density at radius 3 is 2.85 bits per heavy atom. The third kappa shape index (κ3) is 2.77. The van der Waals surface area contributed by atoms with E-state index in [4.69, 9.17) is 16.9 Å². The summed E-state index contributed by atoms with van der Waals surface area (Å²) in [5, 5.41) is 10.7. The van der Waals surface area contributed by atoms with E-state index in [-0.39, 0.29) is 12.3 Å². The molecular weight excluding hydrogens is 188 g/mol. The molecule has 0 saturated carbocycles. The molecule has 1 amide bonds. The molecule has 0 aromatic heterocycles. The fraction of sp³-hybridized carbons (Fsp3) is 0.111. The van der Waals surface area contributed by atoms with Crippen molar-refractivity contribution in [1.29, 1.82) is 5.26 Å². The van der Waals surface area contributed by atoms with Crippen molar-refractivity contribution in [1.82, 2.24) is 5.32 Å². The minimum Gasteiger partial charge on any atom is -0.274 e. The average molecular weight is 195 g/mol. The second-order valence-electron chi connectivity index (χ2n) is 2.43. The standard InChI is InChI=1S/C9H7ClN2O/c10-8-4-2-1-3-7(8)5-9(13)12-6-11/h1-4H,5H2,(H,12,13). The van der Waals surface area contributed by atoms with E-state index in [2.05, 4.69) is 0 Å². The Morgan fingerprint density at radius 1 is 1.54 bits per heavy atom. The molecule has 0 unspecified atom stereocenters. The van der Waals surface area contributed by atoms with Gasteiger partial charge in [-0.1, -0.05) is 29.8 Å². The van der Waals surface area contributed by atoms with Gasteiger partial charge in [-0.25, -0.2) is 0 Å². The number of carbonyl (C=O) groups excluding carboxylic acids is 1. The van der Waals surface area contributed by atoms with E-state index in [1.54, 1.807) is 30.5 Å². The predicted molar refractivity (Wildman–Crippen MR) is 48.9 cm³/mol. The number of nitriles is 1. The van der Waals surface area contributed by atoms with E-state index in [1.165, 1.54) is 0 Å². The van der Waals surface area contributed by atoms with Crippen LogP contribution in [0.1, 0.15) is 5.56 Å². The van der Waals surface area contributed by atoms with Crippen LogP contribution in [0.15, 0.2) is 24.3 Å². The van der Waals surface area contributed by atoms with Crippen molar-refractivity contribution in [3.05, 3.63) is 34.9 Å². The van der Waals surface area contributed by atoms with Gasteiger partial charge in [0.15, 0.2) is 6.19 Å². The summed E-state index contributed by atoms with van der Waals surface area (Å²) >= 11 is 5.81. The Morgan fingerprint density at radius 2 is 2.23 bits per heavy atom. The number of rotatable bonds is 2. The monoisotopic (exact) mass is 194 g/mol. The van der Waals surface area contributed by atoms with Crippen molar-refractivity contribution in [3.8, 4) is 6.19 Å². The highest BCUT2D eigenvalue weighted by Gasteiger charge is 2.04. The van der Waals surface area contributed by atoms with Gasteiger partial charge in [0.25, 0.3) is 0 Å². The van der Waals surface area contributed by atoms with Gasteiger partial charge >= 0.3 is 0 Å². The van der Waals surface area contributed by atoms with Crippen LogP contribution in [0.25, 0.3) is 0 Å². The highest BCUT2D eigenvalue weighted by molar-refractivity contribution is 6.31. The Hall–Kier alpha value is -1.53. The molecule has 0 atom stereocenters. The van der Waals surface area contributed by atoms with Crippen molar-refractivity contribution in [2.24, 2.45) is 0 Å². The molecule has 1 aromatic rings. The molecule has 0 heterocycles. The van der Waals surface area contributed by atoms with Gasteiger partial charge in [-0.2, -0.15) is 5.26 Å². The molecule has 0 fully saturated rings. The zero-order chi connectivity index (χ0) is 9.68. The molecule has 4 heteroatoms. The minimum atomic E-state index is -0.351. The highest BCUT2D eigenvalue weighted by atomic mass is 35.5. The maximum Gasteiger partial charge on any atom is 0.237 e. The third-order valence-corrected chi connectivity index (χ3v) is 1.87. The van der Waals surface area contributed by atoms with Crippen LogP contribution in [-0.4, -0.2) is 5.91 Å². The number of halogens is 1. The number of benzene rings is 1. The molecule has 0 saturated heterocycles. The summed E-state index contributed by atoms with van der Waals surface area (Å²) in [6.45, 7) is 0. The zero-order valence-corrected chi connectivity index (χ0v) is 7.51. The molecule has 66 valence electrons. The summed E-state index contributed by atoms with van der Waals surface area (Å²) in [4.78, 5) is 11.0. The zero-order valence-electron chi connectivity index (χ0n) is 6.75. The lowest BCUT2D eigenvalue weighted by molar-refractivity contribution is -0.119. The smallest absolute Gasteiger partial charge is 0.237 e. The normalized spacial score (nSPS) is 8.92. The largest absolute Gasteiger partial charge is 0.274 e. The summed E-state index contributed by atoms with van der Waals surface area (Å²) in [5.74, 6) is -0.351. The topological polar surface area (TPSA) is 52.9 Å². The number of amides is 1. The summed E-state index contributed by atoms with van der Waals surface area (Å²) < 4.78 is 0. The first-order valence-electron chi connectivity index (χ1n) is 3.65. The van der Waals surface area contributed by atoms with E-state index in [9.17, 15) is 4.79 Å². The Bertz CT molecular complexity index is 357.